The van der Waals surface area contributed by atoms with E-state index in [1.165, 1.54) is 0 Å². The summed E-state index contributed by atoms with van der Waals surface area (Å²) in [5.41, 5.74) is 9.60. The van der Waals surface area contributed by atoms with Crippen molar-refractivity contribution < 1.29 is 4.42 Å². The maximum absolute atomic E-state index is 6.56. The molecular formula is C36H25NO. The SMILES string of the molecule is c1ccc(-c2cccc(-c3ccccc3)c2N(c2ccccc2)c2cccc3c2oc2ccccc23)cc1. The highest BCUT2D eigenvalue weighted by atomic mass is 16.3. The molecule has 180 valence electrons. The van der Waals surface area contributed by atoms with Crippen LogP contribution in [0.1, 0.15) is 0 Å². The minimum atomic E-state index is 0.874. The van der Waals surface area contributed by atoms with E-state index in [0.29, 0.717) is 0 Å². The fraction of sp³-hybridized carbons (Fsp3) is 0. The average Bonchev–Trinajstić information content (AvgIpc) is 3.38. The first-order valence-electron chi connectivity index (χ1n) is 12.9. The molecule has 7 rings (SSSR count). The van der Waals surface area contributed by atoms with Gasteiger partial charge in [-0.05, 0) is 35.4 Å². The van der Waals surface area contributed by atoms with Crippen molar-refractivity contribution in [1.29, 1.82) is 0 Å². The predicted molar refractivity (Wildman–Crippen MR) is 159 cm³/mol. The Morgan fingerprint density at radius 3 is 1.61 bits per heavy atom. The number of hydrogen-bond acceptors (Lipinski definition) is 2. The summed E-state index contributed by atoms with van der Waals surface area (Å²) in [5.74, 6) is 0. The maximum Gasteiger partial charge on any atom is 0.159 e. The third-order valence-electron chi connectivity index (χ3n) is 7.07. The van der Waals surface area contributed by atoms with Crippen LogP contribution in [0.25, 0.3) is 44.2 Å². The minimum absolute atomic E-state index is 0.874. The number of hydrogen-bond donors (Lipinski definition) is 0. The molecule has 38 heavy (non-hydrogen) atoms. The number of furan rings is 1. The zero-order valence-electron chi connectivity index (χ0n) is 20.8. The second-order valence-corrected chi connectivity index (χ2v) is 9.36. The molecule has 2 heteroatoms. The highest BCUT2D eigenvalue weighted by Gasteiger charge is 2.24. The van der Waals surface area contributed by atoms with Crippen LogP contribution >= 0.6 is 0 Å². The van der Waals surface area contributed by atoms with Crippen molar-refractivity contribution in [3.63, 3.8) is 0 Å². The molecule has 0 bridgehead atoms. The molecule has 0 saturated carbocycles. The van der Waals surface area contributed by atoms with E-state index in [2.05, 4.69) is 144 Å². The number of anilines is 3. The van der Waals surface area contributed by atoms with Crippen LogP contribution in [0.15, 0.2) is 156 Å². The molecule has 0 N–H and O–H groups in total. The molecule has 1 aromatic heterocycles. The molecule has 0 atom stereocenters. The van der Waals surface area contributed by atoms with Crippen molar-refractivity contribution in [2.75, 3.05) is 4.90 Å². The van der Waals surface area contributed by atoms with E-state index in [0.717, 1.165) is 61.3 Å². The Morgan fingerprint density at radius 1 is 0.421 bits per heavy atom. The van der Waals surface area contributed by atoms with Crippen LogP contribution in [-0.2, 0) is 0 Å². The van der Waals surface area contributed by atoms with Gasteiger partial charge >= 0.3 is 0 Å². The Balaban J connectivity index is 1.60. The minimum Gasteiger partial charge on any atom is -0.454 e. The van der Waals surface area contributed by atoms with Gasteiger partial charge < -0.3 is 9.32 Å². The summed E-state index contributed by atoms with van der Waals surface area (Å²) >= 11 is 0. The van der Waals surface area contributed by atoms with Crippen LogP contribution < -0.4 is 4.90 Å². The van der Waals surface area contributed by atoms with Gasteiger partial charge in [0.15, 0.2) is 5.58 Å². The Bertz CT molecular complexity index is 1800. The number of fused-ring (bicyclic) bond motifs is 3. The molecular weight excluding hydrogens is 462 g/mol. The molecule has 6 aromatic carbocycles. The predicted octanol–water partition coefficient (Wildman–Crippen LogP) is 10.4. The van der Waals surface area contributed by atoms with Gasteiger partial charge in [0.05, 0.1) is 11.4 Å². The fourth-order valence-corrected chi connectivity index (χ4v) is 5.36. The van der Waals surface area contributed by atoms with Gasteiger partial charge in [-0.25, -0.2) is 0 Å². The summed E-state index contributed by atoms with van der Waals surface area (Å²) in [5, 5.41) is 2.23. The number of benzene rings is 6. The summed E-state index contributed by atoms with van der Waals surface area (Å²) < 4.78 is 6.56. The monoisotopic (exact) mass is 487 g/mol. The van der Waals surface area contributed by atoms with Crippen molar-refractivity contribution in [3.05, 3.63) is 152 Å². The van der Waals surface area contributed by atoms with Crippen molar-refractivity contribution in [2.45, 2.75) is 0 Å². The molecule has 0 aliphatic carbocycles. The van der Waals surface area contributed by atoms with Crippen LogP contribution in [0.4, 0.5) is 17.1 Å². The lowest BCUT2D eigenvalue weighted by Crippen LogP contribution is -2.13. The molecule has 7 aromatic rings. The van der Waals surface area contributed by atoms with Crippen molar-refractivity contribution >= 4 is 39.0 Å². The van der Waals surface area contributed by atoms with Gasteiger partial charge in [-0.15, -0.1) is 0 Å². The van der Waals surface area contributed by atoms with E-state index in [1.807, 2.05) is 12.1 Å². The largest absolute Gasteiger partial charge is 0.454 e. The summed E-state index contributed by atoms with van der Waals surface area (Å²) in [7, 11) is 0. The van der Waals surface area contributed by atoms with Crippen LogP contribution in [-0.4, -0.2) is 0 Å². The van der Waals surface area contributed by atoms with Gasteiger partial charge in [-0.1, -0.05) is 127 Å². The van der Waals surface area contributed by atoms with E-state index in [1.54, 1.807) is 0 Å². The maximum atomic E-state index is 6.56. The van der Waals surface area contributed by atoms with Crippen LogP contribution in [0.5, 0.6) is 0 Å². The summed E-state index contributed by atoms with van der Waals surface area (Å²) in [6.07, 6.45) is 0. The van der Waals surface area contributed by atoms with Gasteiger partial charge in [0.2, 0.25) is 0 Å². The smallest absolute Gasteiger partial charge is 0.159 e. The molecule has 0 aliphatic rings. The highest BCUT2D eigenvalue weighted by molar-refractivity contribution is 6.11. The number of rotatable bonds is 5. The quantitative estimate of drug-likeness (QED) is 0.240. The Morgan fingerprint density at radius 2 is 0.947 bits per heavy atom. The molecule has 0 radical (unpaired) electrons. The van der Waals surface area contributed by atoms with E-state index in [-0.39, 0.29) is 0 Å². The van der Waals surface area contributed by atoms with Crippen molar-refractivity contribution in [2.24, 2.45) is 0 Å². The summed E-state index contributed by atoms with van der Waals surface area (Å²) in [4.78, 5) is 2.36. The van der Waals surface area contributed by atoms with Gasteiger partial charge in [0.25, 0.3) is 0 Å². The zero-order valence-corrected chi connectivity index (χ0v) is 20.8. The van der Waals surface area contributed by atoms with Crippen LogP contribution in [0.2, 0.25) is 0 Å². The van der Waals surface area contributed by atoms with Crippen molar-refractivity contribution in [3.8, 4) is 22.3 Å². The van der Waals surface area contributed by atoms with E-state index in [4.69, 9.17) is 4.42 Å². The topological polar surface area (TPSA) is 16.4 Å². The first kappa shape index (κ1) is 22.1. The lowest BCUT2D eigenvalue weighted by Gasteiger charge is -2.30. The molecule has 0 fully saturated rings. The van der Waals surface area contributed by atoms with Crippen molar-refractivity contribution in [1.82, 2.24) is 0 Å². The Labute approximate surface area is 222 Å². The van der Waals surface area contributed by atoms with Crippen LogP contribution in [0, 0.1) is 0 Å². The van der Waals surface area contributed by atoms with Gasteiger partial charge in [-0.3, -0.25) is 0 Å². The summed E-state index contributed by atoms with van der Waals surface area (Å²) in [6, 6.07) is 53.1. The molecule has 0 spiro atoms. The molecule has 0 amide bonds. The zero-order chi connectivity index (χ0) is 25.3. The van der Waals surface area contributed by atoms with E-state index < -0.39 is 0 Å². The highest BCUT2D eigenvalue weighted by Crippen LogP contribution is 2.48. The second-order valence-electron chi connectivity index (χ2n) is 9.36. The molecule has 2 nitrogen and oxygen atoms in total. The first-order chi connectivity index (χ1) is 18.9. The van der Waals surface area contributed by atoms with E-state index >= 15 is 0 Å². The van der Waals surface area contributed by atoms with Gasteiger partial charge in [-0.2, -0.15) is 0 Å². The van der Waals surface area contributed by atoms with E-state index in [9.17, 15) is 0 Å². The second kappa shape index (κ2) is 9.42. The molecule has 0 unspecified atom stereocenters. The third-order valence-corrected chi connectivity index (χ3v) is 7.07. The van der Waals surface area contributed by atoms with Crippen LogP contribution in [0.3, 0.4) is 0 Å². The fourth-order valence-electron chi connectivity index (χ4n) is 5.36. The Hall–Kier alpha value is -5.08. The normalized spacial score (nSPS) is 11.2. The lowest BCUT2D eigenvalue weighted by molar-refractivity contribution is 0.669. The Kier molecular flexibility index (Phi) is 5.49. The molecule has 0 saturated heterocycles. The van der Waals surface area contributed by atoms with Gasteiger partial charge in [0, 0.05) is 27.6 Å². The average molecular weight is 488 g/mol. The number of para-hydroxylation sites is 4. The number of nitrogens with zero attached hydrogens (tertiary/aromatic N) is 1. The standard InChI is InChI=1S/C36H25NO/c1-4-14-26(15-5-1)29-21-12-22-30(27-16-6-2-7-17-27)35(29)37(28-18-8-3-9-19-28)33-24-13-23-32-31-20-10-11-25-34(31)38-36(32)33/h1-25H. The molecule has 1 heterocycles. The van der Waals surface area contributed by atoms with Gasteiger partial charge in [0.1, 0.15) is 5.58 Å². The lowest BCUT2D eigenvalue weighted by atomic mass is 9.94. The summed E-state index contributed by atoms with van der Waals surface area (Å²) in [6.45, 7) is 0. The molecule has 0 aliphatic heterocycles. The third kappa shape index (κ3) is 3.75. The first-order valence-corrected chi connectivity index (χ1v) is 12.9.